The molecule has 0 spiro atoms. The Hall–Kier alpha value is -2.13. The van der Waals surface area contributed by atoms with Gasteiger partial charge in [0, 0.05) is 6.54 Å². The molecule has 0 heterocycles. The number of halogens is 1. The SMILES string of the molecule is CC(C)CN(CC(=O)N(Cc1ccccc1)NC(=O)CBr)NC(=O)OC(C)(C)C. The van der Waals surface area contributed by atoms with Crippen molar-refractivity contribution >= 4 is 33.8 Å². The van der Waals surface area contributed by atoms with Crippen LogP contribution in [0.1, 0.15) is 40.2 Å². The molecule has 0 aliphatic carbocycles. The number of hydrogen-bond acceptors (Lipinski definition) is 5. The number of ether oxygens (including phenoxy) is 1. The standard InChI is InChI=1S/C20H31BrN4O4/c1-15(2)12-24(23-19(28)29-20(3,4)5)14-18(27)25(22-17(26)11-21)13-16-9-7-6-8-10-16/h6-10,15H,11-14H2,1-5H3,(H,22,26)(H,23,28). The molecule has 162 valence electrons. The van der Waals surface area contributed by atoms with Gasteiger partial charge in [0.25, 0.3) is 5.91 Å². The Labute approximate surface area is 181 Å². The molecule has 2 N–H and O–H groups in total. The monoisotopic (exact) mass is 470 g/mol. The van der Waals surface area contributed by atoms with Crippen molar-refractivity contribution in [3.8, 4) is 0 Å². The van der Waals surface area contributed by atoms with Crippen molar-refractivity contribution in [2.45, 2.75) is 46.8 Å². The smallest absolute Gasteiger partial charge is 0.422 e. The van der Waals surface area contributed by atoms with Crippen LogP contribution in [0.4, 0.5) is 4.79 Å². The van der Waals surface area contributed by atoms with Crippen molar-refractivity contribution in [3.63, 3.8) is 0 Å². The number of amides is 3. The molecule has 0 radical (unpaired) electrons. The fourth-order valence-corrected chi connectivity index (χ4v) is 2.53. The molecule has 0 saturated carbocycles. The van der Waals surface area contributed by atoms with E-state index in [2.05, 4.69) is 26.8 Å². The first-order chi connectivity index (χ1) is 13.5. The van der Waals surface area contributed by atoms with Crippen LogP contribution < -0.4 is 10.9 Å². The summed E-state index contributed by atoms with van der Waals surface area (Å²) in [6, 6.07) is 9.33. The topological polar surface area (TPSA) is 91.0 Å². The first-order valence-electron chi connectivity index (χ1n) is 9.44. The fraction of sp³-hybridized carbons (Fsp3) is 0.550. The number of rotatable bonds is 8. The molecular formula is C20H31BrN4O4. The number of nitrogens with one attached hydrogen (secondary N) is 2. The minimum atomic E-state index is -0.652. The summed E-state index contributed by atoms with van der Waals surface area (Å²) in [5, 5.41) is 2.82. The van der Waals surface area contributed by atoms with E-state index in [4.69, 9.17) is 4.74 Å². The van der Waals surface area contributed by atoms with Crippen LogP contribution in [0.15, 0.2) is 30.3 Å². The van der Waals surface area contributed by atoms with E-state index in [-0.39, 0.29) is 36.2 Å². The molecule has 1 aromatic carbocycles. The Kier molecular flexibility index (Phi) is 10.1. The second-order valence-electron chi connectivity index (χ2n) is 8.02. The van der Waals surface area contributed by atoms with Crippen molar-refractivity contribution in [1.29, 1.82) is 0 Å². The Morgan fingerprint density at radius 3 is 2.24 bits per heavy atom. The second kappa shape index (κ2) is 11.8. The number of carbonyl (C=O) groups excluding carboxylic acids is 3. The molecule has 8 nitrogen and oxygen atoms in total. The maximum Gasteiger partial charge on any atom is 0.422 e. The van der Waals surface area contributed by atoms with Crippen LogP contribution in [0.2, 0.25) is 0 Å². The van der Waals surface area contributed by atoms with E-state index in [1.54, 1.807) is 20.8 Å². The lowest BCUT2D eigenvalue weighted by atomic mass is 10.2. The molecule has 0 bridgehead atoms. The highest BCUT2D eigenvalue weighted by atomic mass is 79.9. The molecule has 0 unspecified atom stereocenters. The lowest BCUT2D eigenvalue weighted by Crippen LogP contribution is -2.54. The summed E-state index contributed by atoms with van der Waals surface area (Å²) < 4.78 is 5.28. The van der Waals surface area contributed by atoms with Crippen LogP contribution in [0.5, 0.6) is 0 Å². The number of carbonyl (C=O) groups is 3. The zero-order chi connectivity index (χ0) is 22.0. The highest BCUT2D eigenvalue weighted by molar-refractivity contribution is 9.09. The highest BCUT2D eigenvalue weighted by Gasteiger charge is 2.23. The van der Waals surface area contributed by atoms with Gasteiger partial charge < -0.3 is 4.74 Å². The van der Waals surface area contributed by atoms with Crippen molar-refractivity contribution in [1.82, 2.24) is 20.9 Å². The zero-order valence-electron chi connectivity index (χ0n) is 17.7. The third kappa shape index (κ3) is 10.8. The summed E-state index contributed by atoms with van der Waals surface area (Å²) in [4.78, 5) is 36.9. The van der Waals surface area contributed by atoms with Gasteiger partial charge in [-0.25, -0.2) is 14.8 Å². The summed E-state index contributed by atoms with van der Waals surface area (Å²) in [6.45, 7) is 9.78. The van der Waals surface area contributed by atoms with Gasteiger partial charge in [-0.2, -0.15) is 0 Å². The summed E-state index contributed by atoms with van der Waals surface area (Å²) in [5.74, 6) is -0.512. The molecule has 0 aliphatic rings. The third-order valence-corrected chi connectivity index (χ3v) is 3.93. The molecule has 1 rings (SSSR count). The second-order valence-corrected chi connectivity index (χ2v) is 8.58. The summed E-state index contributed by atoms with van der Waals surface area (Å²) in [5.41, 5.74) is 5.43. The summed E-state index contributed by atoms with van der Waals surface area (Å²) >= 11 is 3.09. The van der Waals surface area contributed by atoms with Crippen LogP contribution in [-0.2, 0) is 20.9 Å². The predicted molar refractivity (Wildman–Crippen MR) is 115 cm³/mol. The van der Waals surface area contributed by atoms with E-state index >= 15 is 0 Å². The minimum absolute atomic E-state index is 0.0669. The highest BCUT2D eigenvalue weighted by Crippen LogP contribution is 2.08. The van der Waals surface area contributed by atoms with Gasteiger partial charge in [-0.05, 0) is 32.3 Å². The number of benzene rings is 1. The molecule has 3 amide bonds. The maximum atomic E-state index is 12.9. The molecule has 1 aromatic rings. The van der Waals surface area contributed by atoms with Crippen molar-refractivity contribution in [3.05, 3.63) is 35.9 Å². The molecule has 0 saturated heterocycles. The lowest BCUT2D eigenvalue weighted by Gasteiger charge is -2.29. The van der Waals surface area contributed by atoms with Crippen LogP contribution in [0.3, 0.4) is 0 Å². The average Bonchev–Trinajstić information content (AvgIpc) is 2.59. The van der Waals surface area contributed by atoms with E-state index in [0.717, 1.165) is 5.56 Å². The number of alkyl halides is 1. The molecule has 0 atom stereocenters. The van der Waals surface area contributed by atoms with E-state index in [9.17, 15) is 14.4 Å². The molecule has 9 heteroatoms. The van der Waals surface area contributed by atoms with Crippen molar-refractivity contribution < 1.29 is 19.1 Å². The van der Waals surface area contributed by atoms with Gasteiger partial charge in [0.1, 0.15) is 5.60 Å². The molecule has 0 aliphatic heterocycles. The van der Waals surface area contributed by atoms with E-state index in [1.165, 1.54) is 10.0 Å². The quantitative estimate of drug-likeness (QED) is 0.450. The molecule has 29 heavy (non-hydrogen) atoms. The molecule has 0 aromatic heterocycles. The Bertz CT molecular complexity index is 677. The Morgan fingerprint density at radius 1 is 1.10 bits per heavy atom. The van der Waals surface area contributed by atoms with Crippen LogP contribution >= 0.6 is 15.9 Å². The first kappa shape index (κ1) is 24.9. The zero-order valence-corrected chi connectivity index (χ0v) is 19.3. The number of hydrazine groups is 2. The van der Waals surface area contributed by atoms with Gasteiger partial charge >= 0.3 is 6.09 Å². The van der Waals surface area contributed by atoms with Crippen LogP contribution in [0, 0.1) is 5.92 Å². The normalized spacial score (nSPS) is 11.3. The summed E-state index contributed by atoms with van der Waals surface area (Å²) in [6.07, 6.45) is -0.634. The number of nitrogens with zero attached hydrogens (tertiary/aromatic N) is 2. The van der Waals surface area contributed by atoms with Gasteiger partial charge in [0.2, 0.25) is 5.91 Å². The average molecular weight is 471 g/mol. The molecule has 0 fully saturated rings. The van der Waals surface area contributed by atoms with E-state index < -0.39 is 11.7 Å². The summed E-state index contributed by atoms with van der Waals surface area (Å²) in [7, 11) is 0. The van der Waals surface area contributed by atoms with Crippen LogP contribution in [-0.4, -0.2) is 51.9 Å². The van der Waals surface area contributed by atoms with Gasteiger partial charge in [-0.1, -0.05) is 60.1 Å². The lowest BCUT2D eigenvalue weighted by molar-refractivity contribution is -0.142. The minimum Gasteiger partial charge on any atom is -0.443 e. The van der Waals surface area contributed by atoms with Gasteiger partial charge in [-0.15, -0.1) is 0 Å². The Balaban J connectivity index is 2.88. The van der Waals surface area contributed by atoms with E-state index in [0.29, 0.717) is 6.54 Å². The Morgan fingerprint density at radius 2 is 1.72 bits per heavy atom. The van der Waals surface area contributed by atoms with Crippen LogP contribution in [0.25, 0.3) is 0 Å². The van der Waals surface area contributed by atoms with Gasteiger partial charge in [-0.3, -0.25) is 20.4 Å². The molecular weight excluding hydrogens is 440 g/mol. The fourth-order valence-electron chi connectivity index (χ4n) is 2.41. The third-order valence-electron chi connectivity index (χ3n) is 3.43. The van der Waals surface area contributed by atoms with Crippen molar-refractivity contribution in [2.24, 2.45) is 5.92 Å². The van der Waals surface area contributed by atoms with E-state index in [1.807, 2.05) is 44.2 Å². The maximum absolute atomic E-state index is 12.9. The largest absolute Gasteiger partial charge is 0.443 e. The first-order valence-corrected chi connectivity index (χ1v) is 10.6. The van der Waals surface area contributed by atoms with Crippen molar-refractivity contribution in [2.75, 3.05) is 18.4 Å². The number of hydrogen-bond donors (Lipinski definition) is 2. The van der Waals surface area contributed by atoms with Gasteiger partial charge in [0.05, 0.1) is 18.4 Å². The predicted octanol–water partition coefficient (Wildman–Crippen LogP) is 2.84. The van der Waals surface area contributed by atoms with Gasteiger partial charge in [0.15, 0.2) is 0 Å².